The number of nitrogens with one attached hydrogen (secondary N) is 1. The molecule has 1 aliphatic heterocycles. The first-order valence-electron chi connectivity index (χ1n) is 7.26. The van der Waals surface area contributed by atoms with Crippen molar-refractivity contribution in [3.8, 4) is 5.75 Å². The van der Waals surface area contributed by atoms with Gasteiger partial charge in [-0.15, -0.1) is 0 Å². The van der Waals surface area contributed by atoms with Crippen molar-refractivity contribution in [3.05, 3.63) is 59.4 Å². The summed E-state index contributed by atoms with van der Waals surface area (Å²) in [4.78, 5) is 27.7. The van der Waals surface area contributed by atoms with Crippen molar-refractivity contribution in [2.75, 3.05) is 13.7 Å². The molecule has 2 heterocycles. The van der Waals surface area contributed by atoms with Crippen LogP contribution < -0.4 is 10.1 Å². The lowest BCUT2D eigenvalue weighted by atomic mass is 10.0. The van der Waals surface area contributed by atoms with Gasteiger partial charge in [0.25, 0.3) is 5.91 Å². The van der Waals surface area contributed by atoms with Gasteiger partial charge < -0.3 is 14.8 Å². The second-order valence-electron chi connectivity index (χ2n) is 5.12. The van der Waals surface area contributed by atoms with Crippen molar-refractivity contribution in [2.24, 2.45) is 0 Å². The lowest BCUT2D eigenvalue weighted by Gasteiger charge is -2.26. The largest absolute Gasteiger partial charge is 0.493 e. The Kier molecular flexibility index (Phi) is 4.23. The Morgan fingerprint density at radius 3 is 2.83 bits per heavy atom. The first-order chi connectivity index (χ1) is 11.2. The third kappa shape index (κ3) is 3.15. The van der Waals surface area contributed by atoms with Gasteiger partial charge in [0.1, 0.15) is 11.4 Å². The summed E-state index contributed by atoms with van der Waals surface area (Å²) in [5.74, 6) is 0.0176. The molecule has 1 atom stereocenters. The standard InChI is InChI=1S/C17H16N2O4/c1-22-17(21)11-6-7-14(18-10-11)16(20)19-13-8-9-23-15-5-3-2-4-12(13)15/h2-7,10,13H,8-9H2,1H3,(H,19,20). The molecule has 0 fully saturated rings. The third-order valence-electron chi connectivity index (χ3n) is 3.68. The molecule has 6 heteroatoms. The van der Waals surface area contributed by atoms with Crippen LogP contribution in [-0.2, 0) is 4.74 Å². The molecule has 1 aromatic heterocycles. The van der Waals surface area contributed by atoms with Crippen LogP contribution in [0.25, 0.3) is 0 Å². The molecule has 1 amide bonds. The van der Waals surface area contributed by atoms with Crippen molar-refractivity contribution in [1.29, 1.82) is 0 Å². The van der Waals surface area contributed by atoms with Gasteiger partial charge in [-0.2, -0.15) is 0 Å². The van der Waals surface area contributed by atoms with E-state index >= 15 is 0 Å². The number of carbonyl (C=O) groups is 2. The molecule has 1 aliphatic rings. The Labute approximate surface area is 133 Å². The number of methoxy groups -OCH3 is 1. The molecule has 0 aliphatic carbocycles. The number of aromatic nitrogens is 1. The van der Waals surface area contributed by atoms with E-state index in [0.29, 0.717) is 18.6 Å². The van der Waals surface area contributed by atoms with Gasteiger partial charge >= 0.3 is 5.97 Å². The summed E-state index contributed by atoms with van der Waals surface area (Å²) in [6, 6.07) is 10.5. The number of fused-ring (bicyclic) bond motifs is 1. The summed E-state index contributed by atoms with van der Waals surface area (Å²) in [5, 5.41) is 2.96. The van der Waals surface area contributed by atoms with E-state index in [4.69, 9.17) is 4.74 Å². The summed E-state index contributed by atoms with van der Waals surface area (Å²) in [5.41, 5.74) is 1.51. The first-order valence-corrected chi connectivity index (χ1v) is 7.26. The summed E-state index contributed by atoms with van der Waals surface area (Å²) in [6.07, 6.45) is 2.03. The maximum atomic E-state index is 12.3. The molecule has 0 spiro atoms. The van der Waals surface area contributed by atoms with Gasteiger partial charge in [0, 0.05) is 18.2 Å². The summed E-state index contributed by atoms with van der Waals surface area (Å²) < 4.78 is 10.2. The molecule has 0 saturated carbocycles. The Bertz CT molecular complexity index is 728. The fraction of sp³-hybridized carbons (Fsp3) is 0.235. The predicted octanol–water partition coefficient (Wildman–Crippen LogP) is 2.12. The Morgan fingerprint density at radius 2 is 2.09 bits per heavy atom. The minimum atomic E-state index is -0.484. The van der Waals surface area contributed by atoms with Gasteiger partial charge in [0.05, 0.1) is 25.3 Å². The van der Waals surface area contributed by atoms with E-state index in [1.807, 2.05) is 24.3 Å². The zero-order chi connectivity index (χ0) is 16.2. The number of para-hydroxylation sites is 1. The van der Waals surface area contributed by atoms with Gasteiger partial charge in [-0.3, -0.25) is 9.78 Å². The van der Waals surface area contributed by atoms with E-state index in [1.165, 1.54) is 25.4 Å². The molecule has 1 aromatic carbocycles. The minimum absolute atomic E-state index is 0.116. The zero-order valence-corrected chi connectivity index (χ0v) is 12.6. The van der Waals surface area contributed by atoms with Gasteiger partial charge in [0.2, 0.25) is 0 Å². The maximum absolute atomic E-state index is 12.3. The highest BCUT2D eigenvalue weighted by atomic mass is 16.5. The molecule has 118 valence electrons. The van der Waals surface area contributed by atoms with Crippen LogP contribution in [0.3, 0.4) is 0 Å². The van der Waals surface area contributed by atoms with Crippen LogP contribution in [0.5, 0.6) is 5.75 Å². The van der Waals surface area contributed by atoms with E-state index in [0.717, 1.165) is 11.3 Å². The Hall–Kier alpha value is -2.89. The van der Waals surface area contributed by atoms with Crippen molar-refractivity contribution in [3.63, 3.8) is 0 Å². The quantitative estimate of drug-likeness (QED) is 0.878. The third-order valence-corrected chi connectivity index (χ3v) is 3.68. The van der Waals surface area contributed by atoms with Crippen LogP contribution >= 0.6 is 0 Å². The molecule has 1 unspecified atom stereocenters. The number of pyridine rings is 1. The van der Waals surface area contributed by atoms with Crippen LogP contribution in [0, 0.1) is 0 Å². The Balaban J connectivity index is 1.74. The van der Waals surface area contributed by atoms with E-state index in [-0.39, 0.29) is 17.6 Å². The number of rotatable bonds is 3. The van der Waals surface area contributed by atoms with Crippen LogP contribution in [0.2, 0.25) is 0 Å². The zero-order valence-electron chi connectivity index (χ0n) is 12.6. The SMILES string of the molecule is COC(=O)c1ccc(C(=O)NC2CCOc3ccccc32)nc1. The lowest BCUT2D eigenvalue weighted by Crippen LogP contribution is -2.32. The molecule has 0 saturated heterocycles. The molecule has 23 heavy (non-hydrogen) atoms. The number of nitrogens with zero attached hydrogens (tertiary/aromatic N) is 1. The average Bonchev–Trinajstić information content (AvgIpc) is 2.61. The number of amides is 1. The lowest BCUT2D eigenvalue weighted by molar-refractivity contribution is 0.0599. The van der Waals surface area contributed by atoms with Crippen LogP contribution in [0.1, 0.15) is 38.9 Å². The van der Waals surface area contributed by atoms with Gasteiger partial charge in [-0.25, -0.2) is 4.79 Å². The van der Waals surface area contributed by atoms with E-state index in [2.05, 4.69) is 15.0 Å². The fourth-order valence-corrected chi connectivity index (χ4v) is 2.49. The molecular weight excluding hydrogens is 296 g/mol. The highest BCUT2D eigenvalue weighted by molar-refractivity contribution is 5.94. The first kappa shape index (κ1) is 15.0. The molecule has 2 aromatic rings. The molecule has 1 N–H and O–H groups in total. The highest BCUT2D eigenvalue weighted by Gasteiger charge is 2.23. The Morgan fingerprint density at radius 1 is 1.26 bits per heavy atom. The van der Waals surface area contributed by atoms with Crippen LogP contribution in [0.4, 0.5) is 0 Å². The van der Waals surface area contributed by atoms with Gasteiger partial charge in [-0.1, -0.05) is 18.2 Å². The van der Waals surface area contributed by atoms with E-state index < -0.39 is 5.97 Å². The van der Waals surface area contributed by atoms with Crippen molar-refractivity contribution >= 4 is 11.9 Å². The number of ether oxygens (including phenoxy) is 2. The van der Waals surface area contributed by atoms with Crippen molar-refractivity contribution in [2.45, 2.75) is 12.5 Å². The topological polar surface area (TPSA) is 77.5 Å². The minimum Gasteiger partial charge on any atom is -0.493 e. The van der Waals surface area contributed by atoms with Crippen LogP contribution in [-0.4, -0.2) is 30.6 Å². The van der Waals surface area contributed by atoms with E-state index in [1.54, 1.807) is 0 Å². The van der Waals surface area contributed by atoms with Crippen molar-refractivity contribution < 1.29 is 19.1 Å². The molecule has 0 radical (unpaired) electrons. The number of hydrogen-bond acceptors (Lipinski definition) is 5. The summed E-state index contributed by atoms with van der Waals surface area (Å²) in [7, 11) is 1.30. The molecule has 6 nitrogen and oxygen atoms in total. The predicted molar refractivity (Wildman–Crippen MR) is 82.3 cm³/mol. The second kappa shape index (κ2) is 6.48. The number of benzene rings is 1. The van der Waals surface area contributed by atoms with Gasteiger partial charge in [-0.05, 0) is 18.2 Å². The maximum Gasteiger partial charge on any atom is 0.339 e. The molecular formula is C17H16N2O4. The van der Waals surface area contributed by atoms with E-state index in [9.17, 15) is 9.59 Å². The van der Waals surface area contributed by atoms with Crippen molar-refractivity contribution in [1.82, 2.24) is 10.3 Å². The fourth-order valence-electron chi connectivity index (χ4n) is 2.49. The van der Waals surface area contributed by atoms with Crippen LogP contribution in [0.15, 0.2) is 42.6 Å². The average molecular weight is 312 g/mol. The smallest absolute Gasteiger partial charge is 0.339 e. The summed E-state index contributed by atoms with van der Waals surface area (Å²) >= 11 is 0. The normalized spacial score (nSPS) is 16.0. The number of carbonyl (C=O) groups excluding carboxylic acids is 2. The number of hydrogen-bond donors (Lipinski definition) is 1. The monoisotopic (exact) mass is 312 g/mol. The molecule has 0 bridgehead atoms. The molecule has 3 rings (SSSR count). The highest BCUT2D eigenvalue weighted by Crippen LogP contribution is 2.31. The van der Waals surface area contributed by atoms with Gasteiger partial charge in [0.15, 0.2) is 0 Å². The second-order valence-corrected chi connectivity index (χ2v) is 5.12. The summed E-state index contributed by atoms with van der Waals surface area (Å²) in [6.45, 7) is 0.552. The number of esters is 1.